The van der Waals surface area contributed by atoms with Crippen LogP contribution in [0.4, 0.5) is 0 Å². The van der Waals surface area contributed by atoms with Crippen molar-refractivity contribution >= 4 is 29.3 Å². The summed E-state index contributed by atoms with van der Waals surface area (Å²) in [7, 11) is 0. The van der Waals surface area contributed by atoms with Gasteiger partial charge in [-0.3, -0.25) is 4.79 Å². The Balaban J connectivity index is 2.08. The second-order valence-electron chi connectivity index (χ2n) is 8.20. The molecule has 1 heterocycles. The number of aromatic nitrogens is 2. The summed E-state index contributed by atoms with van der Waals surface area (Å²) in [6.07, 6.45) is 1.62. The first-order chi connectivity index (χ1) is 12.4. The number of nitrogens with zero attached hydrogens (tertiary/aromatic N) is 2. The molecule has 7 heteroatoms. The number of benzene rings is 1. The van der Waals surface area contributed by atoms with Crippen LogP contribution in [0.1, 0.15) is 57.5 Å². The molecule has 0 saturated heterocycles. The lowest BCUT2D eigenvalue weighted by atomic mass is 10.1. The third-order valence-electron chi connectivity index (χ3n) is 3.51. The molecule has 0 unspecified atom stereocenters. The lowest BCUT2D eigenvalue weighted by molar-refractivity contribution is 0.00695. The quantitative estimate of drug-likeness (QED) is 0.531. The van der Waals surface area contributed by atoms with Crippen LogP contribution >= 0.6 is 23.4 Å². The summed E-state index contributed by atoms with van der Waals surface area (Å²) < 4.78 is 6.74. The fourth-order valence-electron chi connectivity index (χ4n) is 2.23. The van der Waals surface area contributed by atoms with Crippen LogP contribution in [-0.2, 0) is 16.0 Å². The molecule has 0 aliphatic heterocycles. The smallest absolute Gasteiger partial charge is 0.338 e. The maximum Gasteiger partial charge on any atom is 0.338 e. The zero-order chi connectivity index (χ0) is 20.4. The van der Waals surface area contributed by atoms with E-state index in [-0.39, 0.29) is 16.6 Å². The third-order valence-corrected chi connectivity index (χ3v) is 5.08. The molecule has 0 aliphatic rings. The van der Waals surface area contributed by atoms with Gasteiger partial charge in [-0.15, -0.1) is 11.8 Å². The minimum atomic E-state index is -0.525. The molecule has 0 fully saturated rings. The number of rotatable bonds is 4. The van der Waals surface area contributed by atoms with Crippen molar-refractivity contribution in [2.45, 2.75) is 63.3 Å². The van der Waals surface area contributed by atoms with Crippen molar-refractivity contribution in [3.8, 4) is 0 Å². The van der Waals surface area contributed by atoms with Crippen LogP contribution in [0.3, 0.4) is 0 Å². The average molecular weight is 409 g/mol. The molecule has 0 amide bonds. The van der Waals surface area contributed by atoms with Crippen molar-refractivity contribution in [1.82, 2.24) is 9.78 Å². The zero-order valence-corrected chi connectivity index (χ0v) is 18.1. The minimum absolute atomic E-state index is 0.176. The third kappa shape index (κ3) is 5.84. The van der Waals surface area contributed by atoms with Gasteiger partial charge in [0, 0.05) is 5.75 Å². The Labute approximate surface area is 169 Å². The Morgan fingerprint density at radius 3 is 2.26 bits per heavy atom. The van der Waals surface area contributed by atoms with E-state index in [9.17, 15) is 9.59 Å². The van der Waals surface area contributed by atoms with Crippen molar-refractivity contribution in [2.24, 2.45) is 0 Å². The van der Waals surface area contributed by atoms with E-state index in [0.717, 1.165) is 5.56 Å². The zero-order valence-electron chi connectivity index (χ0n) is 16.5. The van der Waals surface area contributed by atoms with Crippen LogP contribution in [-0.4, -0.2) is 21.4 Å². The molecule has 146 valence electrons. The summed E-state index contributed by atoms with van der Waals surface area (Å²) in [6, 6.07) is 7.21. The van der Waals surface area contributed by atoms with E-state index >= 15 is 0 Å². The maximum atomic E-state index is 12.4. The van der Waals surface area contributed by atoms with Crippen molar-refractivity contribution in [2.75, 3.05) is 0 Å². The molecule has 27 heavy (non-hydrogen) atoms. The summed E-state index contributed by atoms with van der Waals surface area (Å²) >= 11 is 7.68. The number of carbonyl (C=O) groups is 1. The van der Waals surface area contributed by atoms with E-state index in [0.29, 0.717) is 16.2 Å². The molecular formula is C20H25ClN2O3S. The van der Waals surface area contributed by atoms with Crippen LogP contribution in [0.5, 0.6) is 0 Å². The van der Waals surface area contributed by atoms with Crippen molar-refractivity contribution < 1.29 is 9.53 Å². The monoisotopic (exact) mass is 408 g/mol. The normalized spacial score (nSPS) is 12.1. The molecule has 2 rings (SSSR count). The topological polar surface area (TPSA) is 61.2 Å². The van der Waals surface area contributed by atoms with Crippen LogP contribution in [0.25, 0.3) is 0 Å². The Bertz CT molecular complexity index is 878. The molecule has 5 nitrogen and oxygen atoms in total. The highest BCUT2D eigenvalue weighted by molar-refractivity contribution is 7.98. The van der Waals surface area contributed by atoms with E-state index < -0.39 is 11.1 Å². The second-order valence-corrected chi connectivity index (χ2v) is 9.59. The lowest BCUT2D eigenvalue weighted by Gasteiger charge is -2.21. The van der Waals surface area contributed by atoms with Gasteiger partial charge in [-0.2, -0.15) is 5.10 Å². The number of hydrogen-bond acceptors (Lipinski definition) is 5. The Morgan fingerprint density at radius 1 is 1.15 bits per heavy atom. The van der Waals surface area contributed by atoms with Crippen molar-refractivity contribution in [3.63, 3.8) is 0 Å². The van der Waals surface area contributed by atoms with Crippen LogP contribution in [0.2, 0.25) is 5.02 Å². The largest absolute Gasteiger partial charge is 0.456 e. The predicted molar refractivity (Wildman–Crippen MR) is 110 cm³/mol. The Hall–Kier alpha value is -1.79. The summed E-state index contributed by atoms with van der Waals surface area (Å²) in [5.74, 6) is 0.259. The molecule has 0 spiro atoms. The fraction of sp³-hybridized carbons (Fsp3) is 0.450. The first-order valence-electron chi connectivity index (χ1n) is 8.62. The number of esters is 1. The SMILES string of the molecule is CC(C)(C)OC(=O)c1ccc(CSc2cnn(C(C)(C)C)c(=O)c2Cl)cc1. The first-order valence-corrected chi connectivity index (χ1v) is 9.98. The Morgan fingerprint density at radius 2 is 1.74 bits per heavy atom. The standard InChI is InChI=1S/C20H25ClN2O3S/c1-19(2,3)23-17(24)16(21)15(11-22-23)27-12-13-7-9-14(10-8-13)18(25)26-20(4,5)6/h7-11H,12H2,1-6H3. The van der Waals surface area contributed by atoms with E-state index in [2.05, 4.69) is 5.10 Å². The predicted octanol–water partition coefficient (Wildman–Crippen LogP) is 4.90. The molecule has 0 bridgehead atoms. The highest BCUT2D eigenvalue weighted by Crippen LogP contribution is 2.27. The number of hydrogen-bond donors (Lipinski definition) is 0. The second kappa shape index (κ2) is 8.07. The van der Waals surface area contributed by atoms with Gasteiger partial charge in [0.05, 0.1) is 22.2 Å². The fourth-order valence-corrected chi connectivity index (χ4v) is 3.37. The van der Waals surface area contributed by atoms with Crippen molar-refractivity contribution in [3.05, 3.63) is 57.0 Å². The molecule has 0 atom stereocenters. The molecular weight excluding hydrogens is 384 g/mol. The Kier molecular flexibility index (Phi) is 6.43. The number of halogens is 1. The van der Waals surface area contributed by atoms with Gasteiger partial charge in [-0.25, -0.2) is 9.48 Å². The van der Waals surface area contributed by atoms with Crippen molar-refractivity contribution in [1.29, 1.82) is 0 Å². The van der Waals surface area contributed by atoms with E-state index in [1.807, 2.05) is 53.7 Å². The van der Waals surface area contributed by atoms with E-state index in [1.54, 1.807) is 18.3 Å². The van der Waals surface area contributed by atoms with Gasteiger partial charge in [-0.05, 0) is 59.2 Å². The van der Waals surface area contributed by atoms with Gasteiger partial charge in [0.25, 0.3) is 5.56 Å². The lowest BCUT2D eigenvalue weighted by Crippen LogP contribution is -2.36. The molecule has 0 aliphatic carbocycles. The van der Waals surface area contributed by atoms with Gasteiger partial charge in [0.15, 0.2) is 0 Å². The molecule has 2 aromatic rings. The molecule has 1 aromatic carbocycles. The van der Waals surface area contributed by atoms with Gasteiger partial charge < -0.3 is 4.74 Å². The molecule has 0 saturated carbocycles. The van der Waals surface area contributed by atoms with Crippen LogP contribution < -0.4 is 5.56 Å². The average Bonchev–Trinajstić information content (AvgIpc) is 2.54. The summed E-state index contributed by atoms with van der Waals surface area (Å²) in [4.78, 5) is 25.1. The molecule has 0 N–H and O–H groups in total. The number of carbonyl (C=O) groups excluding carboxylic acids is 1. The van der Waals surface area contributed by atoms with Gasteiger partial charge in [0.1, 0.15) is 10.6 Å². The highest BCUT2D eigenvalue weighted by Gasteiger charge is 2.20. The van der Waals surface area contributed by atoms with E-state index in [1.165, 1.54) is 16.4 Å². The van der Waals surface area contributed by atoms with Gasteiger partial charge >= 0.3 is 5.97 Å². The van der Waals surface area contributed by atoms with Gasteiger partial charge in [0.2, 0.25) is 0 Å². The summed E-state index contributed by atoms with van der Waals surface area (Å²) in [5.41, 5.74) is 0.258. The summed E-state index contributed by atoms with van der Waals surface area (Å²) in [5, 5.41) is 4.41. The minimum Gasteiger partial charge on any atom is -0.456 e. The number of thioether (sulfide) groups is 1. The van der Waals surface area contributed by atoms with E-state index in [4.69, 9.17) is 16.3 Å². The molecule has 0 radical (unpaired) electrons. The maximum absolute atomic E-state index is 12.4. The van der Waals surface area contributed by atoms with Crippen LogP contribution in [0, 0.1) is 0 Å². The van der Waals surface area contributed by atoms with Crippen LogP contribution in [0.15, 0.2) is 40.2 Å². The van der Waals surface area contributed by atoms with Gasteiger partial charge in [-0.1, -0.05) is 23.7 Å². The summed E-state index contributed by atoms with van der Waals surface area (Å²) in [6.45, 7) is 11.2. The highest BCUT2D eigenvalue weighted by atomic mass is 35.5. The first kappa shape index (κ1) is 21.5. The molecule has 1 aromatic heterocycles. The number of ether oxygens (including phenoxy) is 1.